The van der Waals surface area contributed by atoms with Gasteiger partial charge in [-0.15, -0.1) is 0 Å². The monoisotopic (exact) mass is 415 g/mol. The summed E-state index contributed by atoms with van der Waals surface area (Å²) >= 11 is 0. The number of rotatable bonds is 6. The summed E-state index contributed by atoms with van der Waals surface area (Å²) in [7, 11) is 3.46. The third-order valence-corrected chi connectivity index (χ3v) is 4.94. The molecule has 1 amide bonds. The number of pyridine rings is 2. The molecule has 0 spiro atoms. The highest BCUT2D eigenvalue weighted by molar-refractivity contribution is 6.02. The predicted octanol–water partition coefficient (Wildman–Crippen LogP) is 4.69. The fourth-order valence-corrected chi connectivity index (χ4v) is 3.53. The molecule has 0 atom stereocenters. The van der Waals surface area contributed by atoms with Crippen molar-refractivity contribution in [3.63, 3.8) is 0 Å². The van der Waals surface area contributed by atoms with Crippen LogP contribution in [0.1, 0.15) is 20.3 Å². The van der Waals surface area contributed by atoms with Crippen molar-refractivity contribution in [2.24, 2.45) is 13.0 Å². The number of nitrogens with zero attached hydrogens (tertiary/aromatic N) is 4. The van der Waals surface area contributed by atoms with E-state index < -0.39 is 0 Å². The topological polar surface area (TPSA) is 81.9 Å². The summed E-state index contributed by atoms with van der Waals surface area (Å²) in [5.74, 6) is 0.777. The van der Waals surface area contributed by atoms with Crippen LogP contribution in [-0.4, -0.2) is 32.8 Å². The number of fused-ring (bicyclic) bond motifs is 1. The lowest BCUT2D eigenvalue weighted by atomic mass is 10.0. The van der Waals surface area contributed by atoms with Gasteiger partial charge in [0.15, 0.2) is 0 Å². The number of aromatic nitrogens is 4. The number of amides is 1. The second-order valence-corrected chi connectivity index (χ2v) is 7.89. The maximum Gasteiger partial charge on any atom is 0.224 e. The molecule has 0 fully saturated rings. The maximum absolute atomic E-state index is 12.4. The van der Waals surface area contributed by atoms with E-state index >= 15 is 0 Å². The average molecular weight is 415 g/mol. The SMILES string of the molecule is COc1cc2nc(-c3cnn(C)c3)cc(-c3ccccn3)c2cc1NC(=O)CC(C)C. The van der Waals surface area contributed by atoms with Crippen LogP contribution < -0.4 is 10.1 Å². The highest BCUT2D eigenvalue weighted by Crippen LogP contribution is 2.37. The Labute approximate surface area is 181 Å². The van der Waals surface area contributed by atoms with Crippen LogP contribution in [0.2, 0.25) is 0 Å². The van der Waals surface area contributed by atoms with Crippen molar-refractivity contribution < 1.29 is 9.53 Å². The van der Waals surface area contributed by atoms with Crippen LogP contribution in [0, 0.1) is 5.92 Å². The zero-order chi connectivity index (χ0) is 22.0. The van der Waals surface area contributed by atoms with Gasteiger partial charge < -0.3 is 10.1 Å². The standard InChI is InChI=1S/C24H25N5O2/c1-15(2)9-24(30)28-22-11-18-17(19-7-5-6-8-25-19)10-20(16-13-26-29(3)14-16)27-21(18)12-23(22)31-4/h5-8,10-15H,9H2,1-4H3,(H,28,30). The van der Waals surface area contributed by atoms with Gasteiger partial charge >= 0.3 is 0 Å². The lowest BCUT2D eigenvalue weighted by molar-refractivity contribution is -0.116. The van der Waals surface area contributed by atoms with Gasteiger partial charge in [0.2, 0.25) is 5.91 Å². The third-order valence-electron chi connectivity index (χ3n) is 4.94. The molecule has 0 aliphatic heterocycles. The zero-order valence-electron chi connectivity index (χ0n) is 18.1. The Morgan fingerprint density at radius 2 is 2.03 bits per heavy atom. The minimum atomic E-state index is -0.0491. The van der Waals surface area contributed by atoms with Gasteiger partial charge in [0.05, 0.1) is 35.9 Å². The van der Waals surface area contributed by atoms with Gasteiger partial charge in [-0.1, -0.05) is 19.9 Å². The van der Waals surface area contributed by atoms with Crippen molar-refractivity contribution in [3.8, 4) is 28.3 Å². The number of ether oxygens (including phenoxy) is 1. The molecule has 1 N–H and O–H groups in total. The number of nitrogens with one attached hydrogen (secondary N) is 1. The molecule has 31 heavy (non-hydrogen) atoms. The van der Waals surface area contributed by atoms with Crippen LogP contribution in [0.4, 0.5) is 5.69 Å². The first-order valence-corrected chi connectivity index (χ1v) is 10.2. The van der Waals surface area contributed by atoms with Gasteiger partial charge in [-0.2, -0.15) is 5.10 Å². The Morgan fingerprint density at radius 3 is 2.68 bits per heavy atom. The van der Waals surface area contributed by atoms with Crippen LogP contribution in [0.3, 0.4) is 0 Å². The van der Waals surface area contributed by atoms with Gasteiger partial charge in [0.25, 0.3) is 0 Å². The smallest absolute Gasteiger partial charge is 0.224 e. The summed E-state index contributed by atoms with van der Waals surface area (Å²) in [6.07, 6.45) is 5.91. The van der Waals surface area contributed by atoms with Crippen molar-refractivity contribution in [2.75, 3.05) is 12.4 Å². The van der Waals surface area contributed by atoms with E-state index in [0.29, 0.717) is 17.9 Å². The highest BCUT2D eigenvalue weighted by Gasteiger charge is 2.16. The predicted molar refractivity (Wildman–Crippen MR) is 122 cm³/mol. The van der Waals surface area contributed by atoms with Crippen molar-refractivity contribution in [1.82, 2.24) is 19.7 Å². The molecular weight excluding hydrogens is 390 g/mol. The van der Waals surface area contributed by atoms with Gasteiger partial charge in [-0.3, -0.25) is 14.5 Å². The molecule has 0 aliphatic rings. The fraction of sp³-hybridized carbons (Fsp3) is 0.250. The lowest BCUT2D eigenvalue weighted by Gasteiger charge is -2.15. The van der Waals surface area contributed by atoms with E-state index in [1.165, 1.54) is 0 Å². The van der Waals surface area contributed by atoms with Crippen LogP contribution in [-0.2, 0) is 11.8 Å². The molecule has 158 valence electrons. The van der Waals surface area contributed by atoms with E-state index in [9.17, 15) is 4.79 Å². The Bertz CT molecular complexity index is 1230. The van der Waals surface area contributed by atoms with Crippen LogP contribution in [0.5, 0.6) is 5.75 Å². The molecule has 0 aliphatic carbocycles. The maximum atomic E-state index is 12.4. The zero-order valence-corrected chi connectivity index (χ0v) is 18.1. The van der Waals surface area contributed by atoms with Crippen molar-refractivity contribution in [2.45, 2.75) is 20.3 Å². The second kappa shape index (κ2) is 8.55. The Balaban J connectivity index is 1.91. The minimum Gasteiger partial charge on any atom is -0.494 e. The number of aryl methyl sites for hydroxylation is 1. The average Bonchev–Trinajstić information content (AvgIpc) is 3.19. The number of carbonyl (C=O) groups is 1. The molecule has 7 nitrogen and oxygen atoms in total. The van der Waals surface area contributed by atoms with Crippen molar-refractivity contribution >= 4 is 22.5 Å². The minimum absolute atomic E-state index is 0.0491. The molecule has 3 heterocycles. The number of benzene rings is 1. The molecule has 0 saturated carbocycles. The van der Waals surface area contributed by atoms with Crippen LogP contribution in [0.15, 0.2) is 55.0 Å². The first-order valence-electron chi connectivity index (χ1n) is 10.2. The Hall–Kier alpha value is -3.74. The van der Waals surface area contributed by atoms with Crippen molar-refractivity contribution in [3.05, 3.63) is 55.0 Å². The van der Waals surface area contributed by atoms with E-state index in [1.807, 2.05) is 63.5 Å². The first kappa shape index (κ1) is 20.5. The molecule has 4 rings (SSSR count). The molecule has 1 aromatic carbocycles. The number of hydrogen-bond acceptors (Lipinski definition) is 5. The van der Waals surface area contributed by atoms with E-state index in [0.717, 1.165) is 33.4 Å². The molecule has 0 saturated heterocycles. The van der Waals surface area contributed by atoms with Crippen LogP contribution in [0.25, 0.3) is 33.4 Å². The highest BCUT2D eigenvalue weighted by atomic mass is 16.5. The summed E-state index contributed by atoms with van der Waals surface area (Å²) < 4.78 is 7.31. The third kappa shape index (κ3) is 4.40. The molecule has 3 aromatic heterocycles. The number of hydrogen-bond donors (Lipinski definition) is 1. The molecule has 0 bridgehead atoms. The number of carbonyl (C=O) groups excluding carboxylic acids is 1. The van der Waals surface area contributed by atoms with E-state index in [1.54, 1.807) is 24.2 Å². The molecule has 4 aromatic rings. The fourth-order valence-electron chi connectivity index (χ4n) is 3.53. The molecular formula is C24H25N5O2. The Morgan fingerprint density at radius 1 is 1.19 bits per heavy atom. The summed E-state index contributed by atoms with van der Waals surface area (Å²) in [6, 6.07) is 11.6. The summed E-state index contributed by atoms with van der Waals surface area (Å²) in [5.41, 5.74) is 4.82. The Kier molecular flexibility index (Phi) is 5.66. The summed E-state index contributed by atoms with van der Waals surface area (Å²) in [6.45, 7) is 4.03. The second-order valence-electron chi connectivity index (χ2n) is 7.89. The molecule has 0 radical (unpaired) electrons. The first-order chi connectivity index (χ1) is 14.9. The van der Waals surface area contributed by atoms with Gasteiger partial charge in [-0.05, 0) is 30.2 Å². The van der Waals surface area contributed by atoms with E-state index in [4.69, 9.17) is 9.72 Å². The largest absolute Gasteiger partial charge is 0.494 e. The van der Waals surface area contributed by atoms with Gasteiger partial charge in [0.1, 0.15) is 5.75 Å². The molecule has 7 heteroatoms. The van der Waals surface area contributed by atoms with Crippen LogP contribution >= 0.6 is 0 Å². The van der Waals surface area contributed by atoms with Gasteiger partial charge in [0, 0.05) is 48.4 Å². The normalized spacial score (nSPS) is 11.1. The number of anilines is 1. The van der Waals surface area contributed by atoms with Crippen molar-refractivity contribution in [1.29, 1.82) is 0 Å². The lowest BCUT2D eigenvalue weighted by Crippen LogP contribution is -2.14. The van der Waals surface area contributed by atoms with E-state index in [2.05, 4.69) is 15.4 Å². The summed E-state index contributed by atoms with van der Waals surface area (Å²) in [5, 5.41) is 8.14. The summed E-state index contributed by atoms with van der Waals surface area (Å²) in [4.78, 5) is 21.8. The number of methoxy groups -OCH3 is 1. The van der Waals surface area contributed by atoms with Gasteiger partial charge in [-0.25, -0.2) is 4.98 Å². The quantitative estimate of drug-likeness (QED) is 0.494. The molecule has 0 unspecified atom stereocenters. The van der Waals surface area contributed by atoms with E-state index in [-0.39, 0.29) is 11.8 Å².